The average Bonchev–Trinajstić information content (AvgIpc) is 2.76. The summed E-state index contributed by atoms with van der Waals surface area (Å²) in [4.78, 5) is 19.2. The van der Waals surface area contributed by atoms with Crippen LogP contribution < -0.4 is 0 Å². The highest BCUT2D eigenvalue weighted by atomic mass is 32.2. The summed E-state index contributed by atoms with van der Waals surface area (Å²) >= 11 is 1.44. The molecule has 0 aliphatic heterocycles. The van der Waals surface area contributed by atoms with Crippen LogP contribution in [0.5, 0.6) is 0 Å². The maximum Gasteiger partial charge on any atom is 0.338 e. The van der Waals surface area contributed by atoms with Crippen molar-refractivity contribution in [2.75, 3.05) is 5.75 Å². The number of nitrogens with zero attached hydrogens (tertiary/aromatic N) is 3. The molecule has 0 atom stereocenters. The Balaban J connectivity index is 1.99. The van der Waals surface area contributed by atoms with Crippen LogP contribution in [0.25, 0.3) is 0 Å². The summed E-state index contributed by atoms with van der Waals surface area (Å²) in [5.74, 6) is 0.772. The second kappa shape index (κ2) is 5.68. The van der Waals surface area contributed by atoms with Gasteiger partial charge in [-0.1, -0.05) is 0 Å². The van der Waals surface area contributed by atoms with Crippen LogP contribution in [0.3, 0.4) is 0 Å². The first-order valence-electron chi connectivity index (χ1n) is 5.47. The molecule has 2 rings (SSSR count). The van der Waals surface area contributed by atoms with Crippen molar-refractivity contribution >= 4 is 17.7 Å². The molecule has 0 saturated heterocycles. The summed E-state index contributed by atoms with van der Waals surface area (Å²) in [6.45, 7) is 2.72. The van der Waals surface area contributed by atoms with Crippen molar-refractivity contribution in [3.63, 3.8) is 0 Å². The van der Waals surface area contributed by atoms with Crippen LogP contribution in [0.1, 0.15) is 16.2 Å². The SMILES string of the molecule is Cc1nccn1CCSc1ncccc1C(=O)O. The number of aryl methyl sites for hydroxylation is 2. The number of aromatic carboxylic acids is 1. The maximum atomic E-state index is 11.0. The zero-order valence-electron chi connectivity index (χ0n) is 9.91. The van der Waals surface area contributed by atoms with E-state index in [1.807, 2.05) is 17.7 Å². The Morgan fingerprint density at radius 1 is 1.44 bits per heavy atom. The van der Waals surface area contributed by atoms with Crippen molar-refractivity contribution in [3.8, 4) is 0 Å². The smallest absolute Gasteiger partial charge is 0.338 e. The van der Waals surface area contributed by atoms with Gasteiger partial charge in [0.05, 0.1) is 5.56 Å². The molecule has 0 bridgehead atoms. The van der Waals surface area contributed by atoms with Crippen LogP contribution >= 0.6 is 11.8 Å². The van der Waals surface area contributed by atoms with Gasteiger partial charge in [0.15, 0.2) is 0 Å². The number of hydrogen-bond donors (Lipinski definition) is 1. The summed E-state index contributed by atoms with van der Waals surface area (Å²) in [6.07, 6.45) is 5.27. The van der Waals surface area contributed by atoms with Gasteiger partial charge in [-0.2, -0.15) is 0 Å². The van der Waals surface area contributed by atoms with Crippen molar-refractivity contribution in [2.45, 2.75) is 18.5 Å². The number of hydrogen-bond acceptors (Lipinski definition) is 4. The topological polar surface area (TPSA) is 68.0 Å². The van der Waals surface area contributed by atoms with Gasteiger partial charge in [0, 0.05) is 30.9 Å². The van der Waals surface area contributed by atoms with Crippen LogP contribution in [0, 0.1) is 6.92 Å². The van der Waals surface area contributed by atoms with Crippen LogP contribution in [0.2, 0.25) is 0 Å². The van der Waals surface area contributed by atoms with Gasteiger partial charge in [-0.05, 0) is 19.1 Å². The molecule has 6 heteroatoms. The van der Waals surface area contributed by atoms with Gasteiger partial charge in [0.1, 0.15) is 10.9 Å². The summed E-state index contributed by atoms with van der Waals surface area (Å²) < 4.78 is 2.02. The first kappa shape index (κ1) is 12.6. The zero-order valence-corrected chi connectivity index (χ0v) is 10.7. The second-order valence-electron chi connectivity index (χ2n) is 3.68. The molecule has 0 radical (unpaired) electrons. The van der Waals surface area contributed by atoms with E-state index in [-0.39, 0.29) is 5.56 Å². The predicted octanol–water partition coefficient (Wildman–Crippen LogP) is 2.08. The Kier molecular flexibility index (Phi) is 3.99. The van der Waals surface area contributed by atoms with Gasteiger partial charge in [-0.25, -0.2) is 14.8 Å². The van der Waals surface area contributed by atoms with E-state index in [9.17, 15) is 4.79 Å². The van der Waals surface area contributed by atoms with Gasteiger partial charge in [0.25, 0.3) is 0 Å². The lowest BCUT2D eigenvalue weighted by Crippen LogP contribution is -2.04. The van der Waals surface area contributed by atoms with Crippen molar-refractivity contribution in [1.29, 1.82) is 0 Å². The fourth-order valence-electron chi connectivity index (χ4n) is 1.55. The van der Waals surface area contributed by atoms with Gasteiger partial charge in [-0.15, -0.1) is 11.8 Å². The van der Waals surface area contributed by atoms with Crippen molar-refractivity contribution in [1.82, 2.24) is 14.5 Å². The highest BCUT2D eigenvalue weighted by Crippen LogP contribution is 2.20. The number of carbonyl (C=O) groups is 1. The Labute approximate surface area is 109 Å². The van der Waals surface area contributed by atoms with E-state index >= 15 is 0 Å². The molecule has 0 aromatic carbocycles. The number of carboxylic acid groups (broad SMARTS) is 1. The largest absolute Gasteiger partial charge is 0.478 e. The zero-order chi connectivity index (χ0) is 13.0. The van der Waals surface area contributed by atoms with E-state index in [4.69, 9.17) is 5.11 Å². The highest BCUT2D eigenvalue weighted by molar-refractivity contribution is 7.99. The lowest BCUT2D eigenvalue weighted by Gasteiger charge is -2.06. The van der Waals surface area contributed by atoms with Gasteiger partial charge in [0.2, 0.25) is 0 Å². The third kappa shape index (κ3) is 2.89. The van der Waals surface area contributed by atoms with Gasteiger partial charge < -0.3 is 9.67 Å². The quantitative estimate of drug-likeness (QED) is 0.836. The van der Waals surface area contributed by atoms with Gasteiger partial charge in [-0.3, -0.25) is 0 Å². The third-order valence-electron chi connectivity index (χ3n) is 2.50. The standard InChI is InChI=1S/C12H13N3O2S/c1-9-13-5-6-15(9)7-8-18-11-10(12(16)17)3-2-4-14-11/h2-6H,7-8H2,1H3,(H,16,17). The third-order valence-corrected chi connectivity index (χ3v) is 3.48. The monoisotopic (exact) mass is 263 g/mol. The Morgan fingerprint density at radius 3 is 2.94 bits per heavy atom. The first-order valence-corrected chi connectivity index (χ1v) is 6.46. The molecule has 18 heavy (non-hydrogen) atoms. The molecule has 94 valence electrons. The molecule has 2 aromatic heterocycles. The molecular formula is C12H13N3O2S. The molecule has 0 aliphatic carbocycles. The molecule has 2 heterocycles. The van der Waals surface area contributed by atoms with E-state index in [1.54, 1.807) is 24.5 Å². The minimum absolute atomic E-state index is 0.254. The maximum absolute atomic E-state index is 11.0. The van der Waals surface area contributed by atoms with Crippen molar-refractivity contribution in [3.05, 3.63) is 42.1 Å². The van der Waals surface area contributed by atoms with E-state index in [0.717, 1.165) is 18.1 Å². The fourth-order valence-corrected chi connectivity index (χ4v) is 2.48. The molecule has 2 aromatic rings. The minimum Gasteiger partial charge on any atom is -0.478 e. The minimum atomic E-state index is -0.940. The molecule has 0 saturated carbocycles. The van der Waals surface area contributed by atoms with E-state index in [1.165, 1.54) is 11.8 Å². The molecule has 0 fully saturated rings. The molecular weight excluding hydrogens is 250 g/mol. The van der Waals surface area contributed by atoms with Crippen LogP contribution in [0.4, 0.5) is 0 Å². The highest BCUT2D eigenvalue weighted by Gasteiger charge is 2.10. The molecule has 5 nitrogen and oxygen atoms in total. The average molecular weight is 263 g/mol. The molecule has 0 spiro atoms. The fraction of sp³-hybridized carbons (Fsp3) is 0.250. The van der Waals surface area contributed by atoms with Crippen LogP contribution in [-0.4, -0.2) is 31.4 Å². The summed E-state index contributed by atoms with van der Waals surface area (Å²) in [5.41, 5.74) is 0.254. The van der Waals surface area contributed by atoms with E-state index < -0.39 is 5.97 Å². The molecule has 0 amide bonds. The number of pyridine rings is 1. The molecule has 0 unspecified atom stereocenters. The first-order chi connectivity index (χ1) is 8.68. The number of thioether (sulfide) groups is 1. The number of aromatic nitrogens is 3. The van der Waals surface area contributed by atoms with Crippen molar-refractivity contribution < 1.29 is 9.90 Å². The molecule has 0 aliphatic rings. The van der Waals surface area contributed by atoms with Crippen LogP contribution in [0.15, 0.2) is 35.7 Å². The van der Waals surface area contributed by atoms with Crippen molar-refractivity contribution in [2.24, 2.45) is 0 Å². The summed E-state index contributed by atoms with van der Waals surface area (Å²) in [6, 6.07) is 3.20. The lowest BCUT2D eigenvalue weighted by molar-refractivity contribution is 0.0692. The summed E-state index contributed by atoms with van der Waals surface area (Å²) in [7, 11) is 0. The normalized spacial score (nSPS) is 10.5. The number of carboxylic acids is 1. The number of imidazole rings is 1. The van der Waals surface area contributed by atoms with Crippen LogP contribution in [-0.2, 0) is 6.54 Å². The Bertz CT molecular complexity index is 554. The summed E-state index contributed by atoms with van der Waals surface area (Å²) in [5, 5.41) is 9.58. The van der Waals surface area contributed by atoms with E-state index in [0.29, 0.717) is 5.03 Å². The lowest BCUT2D eigenvalue weighted by atomic mass is 10.3. The number of rotatable bonds is 5. The Hall–Kier alpha value is -1.82. The van der Waals surface area contributed by atoms with Gasteiger partial charge >= 0.3 is 5.97 Å². The predicted molar refractivity (Wildman–Crippen MR) is 68.9 cm³/mol. The second-order valence-corrected chi connectivity index (χ2v) is 4.76. The Morgan fingerprint density at radius 2 is 2.28 bits per heavy atom. The molecule has 1 N–H and O–H groups in total. The van der Waals surface area contributed by atoms with E-state index in [2.05, 4.69) is 9.97 Å².